The van der Waals surface area contributed by atoms with Gasteiger partial charge in [0.25, 0.3) is 0 Å². The summed E-state index contributed by atoms with van der Waals surface area (Å²) in [5, 5.41) is 4.46. The molecule has 0 aliphatic heterocycles. The van der Waals surface area contributed by atoms with Gasteiger partial charge in [-0.1, -0.05) is 25.5 Å². The maximum absolute atomic E-state index is 5.82. The monoisotopic (exact) mass is 400 g/mol. The summed E-state index contributed by atoms with van der Waals surface area (Å²) < 4.78 is 0. The lowest BCUT2D eigenvalue weighted by Crippen LogP contribution is -2.33. The maximum atomic E-state index is 5.82. The lowest BCUT2D eigenvalue weighted by atomic mass is 10.1. The molecule has 116 valence electrons. The molecule has 4 N–H and O–H groups in total. The summed E-state index contributed by atoms with van der Waals surface area (Å²) in [6.07, 6.45) is 5.25. The van der Waals surface area contributed by atoms with Gasteiger partial charge in [0.15, 0.2) is 5.96 Å². The average molecular weight is 400 g/mol. The third-order valence-electron chi connectivity index (χ3n) is 3.42. The summed E-state index contributed by atoms with van der Waals surface area (Å²) in [7, 11) is 0. The van der Waals surface area contributed by atoms with E-state index in [2.05, 4.69) is 53.5 Å². The number of guanidine groups is 1. The van der Waals surface area contributed by atoms with Gasteiger partial charge >= 0.3 is 0 Å². The van der Waals surface area contributed by atoms with Crippen molar-refractivity contribution in [1.29, 1.82) is 0 Å². The van der Waals surface area contributed by atoms with Crippen LogP contribution >= 0.6 is 24.0 Å². The molecular formula is C16H25IN4. The Balaban J connectivity index is 0.00000220. The van der Waals surface area contributed by atoms with E-state index in [1.165, 1.54) is 22.0 Å². The van der Waals surface area contributed by atoms with Crippen LogP contribution in [0.1, 0.15) is 30.9 Å². The Hall–Kier alpha value is -1.24. The van der Waals surface area contributed by atoms with Crippen LogP contribution in [0.2, 0.25) is 0 Å². The van der Waals surface area contributed by atoms with Gasteiger partial charge in [-0.2, -0.15) is 0 Å². The van der Waals surface area contributed by atoms with Crippen LogP contribution < -0.4 is 11.1 Å². The number of halogens is 1. The number of hydrogen-bond acceptors (Lipinski definition) is 1. The molecule has 0 aliphatic carbocycles. The normalized spacial score (nSPS) is 11.4. The van der Waals surface area contributed by atoms with Gasteiger partial charge in [0.05, 0.1) is 0 Å². The fraction of sp³-hybridized carbons (Fsp3) is 0.438. The van der Waals surface area contributed by atoms with Crippen LogP contribution in [0.25, 0.3) is 10.9 Å². The lowest BCUT2D eigenvalue weighted by Gasteiger charge is -2.05. The molecule has 5 heteroatoms. The van der Waals surface area contributed by atoms with E-state index in [0.29, 0.717) is 5.96 Å². The van der Waals surface area contributed by atoms with Crippen LogP contribution in [0.3, 0.4) is 0 Å². The Morgan fingerprint density at radius 2 is 2.19 bits per heavy atom. The molecule has 0 atom stereocenters. The maximum Gasteiger partial charge on any atom is 0.188 e. The SMILES string of the molecule is CCCCN=C(N)NCCc1c[nH]c2cc(C)ccc12.I. The predicted octanol–water partition coefficient (Wildman–Crippen LogP) is 3.34. The Kier molecular flexibility index (Phi) is 7.56. The van der Waals surface area contributed by atoms with Crippen molar-refractivity contribution in [2.45, 2.75) is 33.1 Å². The van der Waals surface area contributed by atoms with Crippen LogP contribution in [-0.4, -0.2) is 24.0 Å². The van der Waals surface area contributed by atoms with Gasteiger partial charge in [-0.3, -0.25) is 4.99 Å². The zero-order valence-corrected chi connectivity index (χ0v) is 15.1. The first-order chi connectivity index (χ1) is 9.70. The van der Waals surface area contributed by atoms with Crippen molar-refractivity contribution in [1.82, 2.24) is 10.3 Å². The van der Waals surface area contributed by atoms with Gasteiger partial charge in [0, 0.05) is 30.2 Å². The molecule has 0 bridgehead atoms. The van der Waals surface area contributed by atoms with E-state index in [1.54, 1.807) is 0 Å². The molecule has 2 rings (SSSR count). The molecule has 1 aromatic carbocycles. The Labute approximate surface area is 143 Å². The van der Waals surface area contributed by atoms with Crippen molar-refractivity contribution < 1.29 is 0 Å². The highest BCUT2D eigenvalue weighted by Gasteiger charge is 2.03. The number of nitrogens with two attached hydrogens (primary N) is 1. The standard InChI is InChI=1S/C16H24N4.HI/c1-3-4-8-18-16(17)19-9-7-13-11-20-15-10-12(2)5-6-14(13)15;/h5-6,10-11,20H,3-4,7-9H2,1-2H3,(H3,17,18,19);1H. The van der Waals surface area contributed by atoms with E-state index < -0.39 is 0 Å². The zero-order chi connectivity index (χ0) is 14.4. The van der Waals surface area contributed by atoms with E-state index in [0.717, 1.165) is 32.4 Å². The second-order valence-corrected chi connectivity index (χ2v) is 5.16. The number of rotatable bonds is 6. The summed E-state index contributed by atoms with van der Waals surface area (Å²) in [4.78, 5) is 7.60. The number of nitrogens with zero attached hydrogens (tertiary/aromatic N) is 1. The molecule has 4 nitrogen and oxygen atoms in total. The minimum absolute atomic E-state index is 0. The molecule has 1 heterocycles. The number of hydrogen-bond donors (Lipinski definition) is 3. The molecule has 21 heavy (non-hydrogen) atoms. The molecule has 0 unspecified atom stereocenters. The summed E-state index contributed by atoms with van der Waals surface area (Å²) in [6.45, 7) is 5.87. The molecular weight excluding hydrogens is 375 g/mol. The predicted molar refractivity (Wildman–Crippen MR) is 102 cm³/mol. The number of H-pyrrole nitrogens is 1. The number of aromatic nitrogens is 1. The second kappa shape index (κ2) is 8.92. The number of benzene rings is 1. The molecule has 0 saturated carbocycles. The van der Waals surface area contributed by atoms with Gasteiger partial charge in [0.2, 0.25) is 0 Å². The van der Waals surface area contributed by atoms with Crippen molar-refractivity contribution >= 4 is 40.8 Å². The molecule has 0 radical (unpaired) electrons. The van der Waals surface area contributed by atoms with E-state index in [4.69, 9.17) is 5.73 Å². The summed E-state index contributed by atoms with van der Waals surface area (Å²) in [6, 6.07) is 6.50. The Morgan fingerprint density at radius 1 is 1.38 bits per heavy atom. The molecule has 0 aliphatic rings. The Morgan fingerprint density at radius 3 is 2.95 bits per heavy atom. The van der Waals surface area contributed by atoms with Gasteiger partial charge < -0.3 is 16.0 Å². The third kappa shape index (κ3) is 5.22. The molecule has 0 amide bonds. The topological polar surface area (TPSA) is 66.2 Å². The van der Waals surface area contributed by atoms with Crippen LogP contribution in [0.5, 0.6) is 0 Å². The molecule has 1 aromatic heterocycles. The number of aryl methyl sites for hydroxylation is 1. The van der Waals surface area contributed by atoms with Crippen molar-refractivity contribution in [2.24, 2.45) is 10.7 Å². The van der Waals surface area contributed by atoms with Crippen molar-refractivity contribution in [3.05, 3.63) is 35.5 Å². The number of fused-ring (bicyclic) bond motifs is 1. The zero-order valence-electron chi connectivity index (χ0n) is 12.8. The summed E-state index contributed by atoms with van der Waals surface area (Å²) in [5.41, 5.74) is 9.60. The van der Waals surface area contributed by atoms with E-state index in [9.17, 15) is 0 Å². The first-order valence-corrected chi connectivity index (χ1v) is 7.31. The van der Waals surface area contributed by atoms with Crippen LogP contribution in [0, 0.1) is 6.92 Å². The van der Waals surface area contributed by atoms with Crippen LogP contribution in [0.4, 0.5) is 0 Å². The fourth-order valence-corrected chi connectivity index (χ4v) is 2.25. The smallest absolute Gasteiger partial charge is 0.188 e. The van der Waals surface area contributed by atoms with E-state index in [-0.39, 0.29) is 24.0 Å². The molecule has 0 fully saturated rings. The van der Waals surface area contributed by atoms with Gasteiger partial charge in [0.1, 0.15) is 0 Å². The van der Waals surface area contributed by atoms with Crippen molar-refractivity contribution in [3.63, 3.8) is 0 Å². The quantitative estimate of drug-likeness (QED) is 0.301. The number of unbranched alkanes of at least 4 members (excludes halogenated alkanes) is 1. The number of nitrogens with one attached hydrogen (secondary N) is 2. The Bertz CT molecular complexity index is 589. The summed E-state index contributed by atoms with van der Waals surface area (Å²) >= 11 is 0. The molecule has 0 spiro atoms. The third-order valence-corrected chi connectivity index (χ3v) is 3.42. The fourth-order valence-electron chi connectivity index (χ4n) is 2.25. The van der Waals surface area contributed by atoms with Gasteiger partial charge in [-0.15, -0.1) is 24.0 Å². The van der Waals surface area contributed by atoms with Crippen LogP contribution in [-0.2, 0) is 6.42 Å². The number of aromatic amines is 1. The first-order valence-electron chi connectivity index (χ1n) is 7.31. The highest BCUT2D eigenvalue weighted by molar-refractivity contribution is 14.0. The number of aliphatic imine (C=N–C) groups is 1. The van der Waals surface area contributed by atoms with Crippen LogP contribution in [0.15, 0.2) is 29.4 Å². The first kappa shape index (κ1) is 17.8. The van der Waals surface area contributed by atoms with Crippen molar-refractivity contribution in [2.75, 3.05) is 13.1 Å². The van der Waals surface area contributed by atoms with Gasteiger partial charge in [-0.25, -0.2) is 0 Å². The van der Waals surface area contributed by atoms with Crippen molar-refractivity contribution in [3.8, 4) is 0 Å². The van der Waals surface area contributed by atoms with E-state index in [1.807, 2.05) is 0 Å². The summed E-state index contributed by atoms with van der Waals surface area (Å²) in [5.74, 6) is 0.550. The minimum Gasteiger partial charge on any atom is -0.370 e. The molecule has 2 aromatic rings. The highest BCUT2D eigenvalue weighted by atomic mass is 127. The highest BCUT2D eigenvalue weighted by Crippen LogP contribution is 2.19. The average Bonchev–Trinajstić information content (AvgIpc) is 2.81. The van der Waals surface area contributed by atoms with Gasteiger partial charge in [-0.05, 0) is 37.0 Å². The second-order valence-electron chi connectivity index (χ2n) is 5.16. The largest absolute Gasteiger partial charge is 0.370 e. The van der Waals surface area contributed by atoms with E-state index >= 15 is 0 Å². The molecule has 0 saturated heterocycles. The minimum atomic E-state index is 0. The lowest BCUT2D eigenvalue weighted by molar-refractivity contribution is 0.791.